The molecular weight excluding hydrogens is 236 g/mol. The van der Waals surface area contributed by atoms with E-state index in [2.05, 4.69) is 11.1 Å². The first-order chi connectivity index (χ1) is 9.22. The summed E-state index contributed by atoms with van der Waals surface area (Å²) in [6.45, 7) is 3.69. The van der Waals surface area contributed by atoms with Crippen LogP contribution in [0.15, 0.2) is 45.8 Å². The molecule has 3 nitrogen and oxygen atoms in total. The van der Waals surface area contributed by atoms with Crippen molar-refractivity contribution in [3.63, 3.8) is 0 Å². The molecule has 0 saturated heterocycles. The number of rotatable bonds is 3. The van der Waals surface area contributed by atoms with Gasteiger partial charge < -0.3 is 4.42 Å². The Labute approximate surface area is 112 Å². The first-order valence-corrected chi connectivity index (χ1v) is 5.98. The van der Waals surface area contributed by atoms with Crippen LogP contribution in [0.1, 0.15) is 22.5 Å². The van der Waals surface area contributed by atoms with Gasteiger partial charge in [0.15, 0.2) is 0 Å². The Kier molecular flexibility index (Phi) is 3.94. The Bertz CT molecular complexity index is 658. The summed E-state index contributed by atoms with van der Waals surface area (Å²) in [6.07, 6.45) is 5.40. The number of benzene rings is 1. The number of hydrogen-bond acceptors (Lipinski definition) is 3. The molecule has 0 saturated carbocycles. The molecule has 0 bridgehead atoms. The third-order valence-electron chi connectivity index (χ3n) is 2.84. The first kappa shape index (κ1) is 12.8. The molecule has 19 heavy (non-hydrogen) atoms. The molecule has 0 atom stereocenters. The minimum atomic E-state index is 0.371. The second kappa shape index (κ2) is 5.83. The molecule has 3 heteroatoms. The van der Waals surface area contributed by atoms with E-state index in [0.717, 1.165) is 16.9 Å². The highest BCUT2D eigenvalue weighted by molar-refractivity contribution is 5.80. The maximum atomic E-state index is 9.05. The van der Waals surface area contributed by atoms with E-state index in [1.54, 1.807) is 6.21 Å². The SMILES string of the molecule is Cc1oc(N=C/C=C/c2ccccc2)c(C#N)c1C. The lowest BCUT2D eigenvalue weighted by Gasteiger charge is -1.88. The van der Waals surface area contributed by atoms with E-state index in [0.29, 0.717) is 11.4 Å². The van der Waals surface area contributed by atoms with Crippen LogP contribution in [0, 0.1) is 25.2 Å². The second-order valence-corrected chi connectivity index (χ2v) is 4.12. The minimum absolute atomic E-state index is 0.371. The van der Waals surface area contributed by atoms with Crippen molar-refractivity contribution in [2.24, 2.45) is 4.99 Å². The Morgan fingerprint density at radius 2 is 1.95 bits per heavy atom. The summed E-state index contributed by atoms with van der Waals surface area (Å²) in [5.41, 5.74) is 2.45. The number of nitrogens with zero attached hydrogens (tertiary/aromatic N) is 2. The molecule has 0 amide bonds. The molecule has 0 aliphatic heterocycles. The zero-order valence-electron chi connectivity index (χ0n) is 10.9. The van der Waals surface area contributed by atoms with Gasteiger partial charge in [-0.1, -0.05) is 36.4 Å². The fourth-order valence-electron chi connectivity index (χ4n) is 1.66. The lowest BCUT2D eigenvalue weighted by atomic mass is 10.2. The van der Waals surface area contributed by atoms with Crippen molar-refractivity contribution in [3.05, 3.63) is 58.9 Å². The van der Waals surface area contributed by atoms with Gasteiger partial charge in [0.2, 0.25) is 5.88 Å². The van der Waals surface area contributed by atoms with Crippen molar-refractivity contribution in [1.82, 2.24) is 0 Å². The fourth-order valence-corrected chi connectivity index (χ4v) is 1.66. The van der Waals surface area contributed by atoms with Crippen LogP contribution in [-0.4, -0.2) is 6.21 Å². The molecular formula is C16H14N2O. The molecule has 0 N–H and O–H groups in total. The van der Waals surface area contributed by atoms with Crippen molar-refractivity contribution >= 4 is 18.2 Å². The molecule has 0 radical (unpaired) electrons. The number of aliphatic imine (C=N–C) groups is 1. The number of aryl methyl sites for hydroxylation is 1. The molecule has 1 aromatic heterocycles. The summed E-state index contributed by atoms with van der Waals surface area (Å²) in [7, 11) is 0. The summed E-state index contributed by atoms with van der Waals surface area (Å²) in [5, 5.41) is 9.05. The Hall–Kier alpha value is -2.60. The van der Waals surface area contributed by atoms with Gasteiger partial charge in [0.25, 0.3) is 0 Å². The van der Waals surface area contributed by atoms with E-state index in [4.69, 9.17) is 9.68 Å². The largest absolute Gasteiger partial charge is 0.442 e. The maximum absolute atomic E-state index is 9.05. The first-order valence-electron chi connectivity index (χ1n) is 5.98. The Morgan fingerprint density at radius 3 is 2.63 bits per heavy atom. The van der Waals surface area contributed by atoms with Gasteiger partial charge in [0.1, 0.15) is 17.4 Å². The quantitative estimate of drug-likeness (QED) is 0.767. The highest BCUT2D eigenvalue weighted by Gasteiger charge is 2.12. The van der Waals surface area contributed by atoms with Gasteiger partial charge in [-0.05, 0) is 25.5 Å². The molecule has 1 aromatic carbocycles. The van der Waals surface area contributed by atoms with E-state index < -0.39 is 0 Å². The van der Waals surface area contributed by atoms with E-state index >= 15 is 0 Å². The predicted molar refractivity (Wildman–Crippen MR) is 76.5 cm³/mol. The molecule has 0 aliphatic carbocycles. The smallest absolute Gasteiger partial charge is 0.237 e. The van der Waals surface area contributed by atoms with Crippen LogP contribution in [0.5, 0.6) is 0 Å². The normalized spacial score (nSPS) is 11.2. The van der Waals surface area contributed by atoms with Crippen LogP contribution in [0.2, 0.25) is 0 Å². The van der Waals surface area contributed by atoms with Gasteiger partial charge in [0, 0.05) is 11.8 Å². The maximum Gasteiger partial charge on any atom is 0.237 e. The lowest BCUT2D eigenvalue weighted by Crippen LogP contribution is -1.75. The van der Waals surface area contributed by atoms with Crippen molar-refractivity contribution < 1.29 is 4.42 Å². The van der Waals surface area contributed by atoms with Crippen LogP contribution in [0.4, 0.5) is 5.88 Å². The van der Waals surface area contributed by atoms with E-state index in [-0.39, 0.29) is 0 Å². The zero-order valence-corrected chi connectivity index (χ0v) is 10.9. The molecule has 0 aliphatic rings. The molecule has 2 aromatic rings. The van der Waals surface area contributed by atoms with Gasteiger partial charge in [-0.25, -0.2) is 4.99 Å². The van der Waals surface area contributed by atoms with Gasteiger partial charge >= 0.3 is 0 Å². The zero-order chi connectivity index (χ0) is 13.7. The van der Waals surface area contributed by atoms with E-state index in [1.165, 1.54) is 0 Å². The summed E-state index contributed by atoms with van der Waals surface area (Å²) in [6, 6.07) is 12.0. The van der Waals surface area contributed by atoms with Crippen molar-refractivity contribution in [2.45, 2.75) is 13.8 Å². The molecule has 1 heterocycles. The standard InChI is InChI=1S/C16H14N2O/c1-12-13(2)19-16(15(12)11-17)18-10-6-9-14-7-4-3-5-8-14/h3-10H,1-2H3/b9-6+,18-10?. The molecule has 0 fully saturated rings. The summed E-state index contributed by atoms with van der Waals surface area (Å²) in [4.78, 5) is 4.17. The van der Waals surface area contributed by atoms with Crippen molar-refractivity contribution in [2.75, 3.05) is 0 Å². The third-order valence-corrected chi connectivity index (χ3v) is 2.84. The monoisotopic (exact) mass is 250 g/mol. The van der Waals surface area contributed by atoms with Gasteiger partial charge in [-0.15, -0.1) is 0 Å². The molecule has 0 unspecified atom stereocenters. The summed E-state index contributed by atoms with van der Waals surface area (Å²) in [5.74, 6) is 1.10. The Morgan fingerprint density at radius 1 is 1.21 bits per heavy atom. The van der Waals surface area contributed by atoms with Gasteiger partial charge in [-0.3, -0.25) is 0 Å². The number of furan rings is 1. The average Bonchev–Trinajstić information content (AvgIpc) is 2.71. The van der Waals surface area contributed by atoms with Crippen LogP contribution >= 0.6 is 0 Å². The summed E-state index contributed by atoms with van der Waals surface area (Å²) >= 11 is 0. The third kappa shape index (κ3) is 2.99. The Balaban J connectivity index is 2.14. The minimum Gasteiger partial charge on any atom is -0.442 e. The van der Waals surface area contributed by atoms with Crippen LogP contribution in [0.25, 0.3) is 6.08 Å². The van der Waals surface area contributed by atoms with E-state index in [1.807, 2.05) is 56.3 Å². The lowest BCUT2D eigenvalue weighted by molar-refractivity contribution is 0.542. The number of nitriles is 1. The molecule has 0 spiro atoms. The topological polar surface area (TPSA) is 49.3 Å². The van der Waals surface area contributed by atoms with Crippen molar-refractivity contribution in [3.8, 4) is 6.07 Å². The highest BCUT2D eigenvalue weighted by Crippen LogP contribution is 2.27. The van der Waals surface area contributed by atoms with Crippen LogP contribution < -0.4 is 0 Å². The number of allylic oxidation sites excluding steroid dienone is 1. The van der Waals surface area contributed by atoms with Gasteiger partial charge in [0.05, 0.1) is 0 Å². The van der Waals surface area contributed by atoms with Crippen LogP contribution in [-0.2, 0) is 0 Å². The highest BCUT2D eigenvalue weighted by atomic mass is 16.4. The van der Waals surface area contributed by atoms with Gasteiger partial charge in [-0.2, -0.15) is 5.26 Å². The fraction of sp³-hybridized carbons (Fsp3) is 0.125. The van der Waals surface area contributed by atoms with E-state index in [9.17, 15) is 0 Å². The second-order valence-electron chi connectivity index (χ2n) is 4.12. The predicted octanol–water partition coefficient (Wildman–Crippen LogP) is 4.18. The summed E-state index contributed by atoms with van der Waals surface area (Å²) < 4.78 is 5.43. The van der Waals surface area contributed by atoms with Crippen LogP contribution in [0.3, 0.4) is 0 Å². The van der Waals surface area contributed by atoms with Crippen molar-refractivity contribution in [1.29, 1.82) is 5.26 Å². The molecule has 2 rings (SSSR count). The molecule has 94 valence electrons. The number of hydrogen-bond donors (Lipinski definition) is 0. The average molecular weight is 250 g/mol.